The van der Waals surface area contributed by atoms with E-state index >= 15 is 0 Å². The second-order valence-electron chi connectivity index (χ2n) is 6.26. The Labute approximate surface area is 130 Å². The Kier molecular flexibility index (Phi) is 5.20. The lowest BCUT2D eigenvalue weighted by atomic mass is 10.2. The van der Waals surface area contributed by atoms with Gasteiger partial charge in [0, 0.05) is 58.6 Å². The molecule has 124 valence electrons. The minimum absolute atomic E-state index is 0.260. The third-order valence-corrected chi connectivity index (χ3v) is 4.56. The number of aromatic nitrogens is 2. The van der Waals surface area contributed by atoms with Gasteiger partial charge in [-0.3, -0.25) is 23.7 Å². The molecule has 0 amide bonds. The summed E-state index contributed by atoms with van der Waals surface area (Å²) in [6, 6.07) is 1.97. The van der Waals surface area contributed by atoms with Crippen LogP contribution in [0, 0.1) is 0 Å². The smallest absolute Gasteiger partial charge is 0.330 e. The molecule has 7 heteroatoms. The van der Waals surface area contributed by atoms with Crippen LogP contribution < -0.4 is 11.2 Å². The number of rotatable bonds is 5. The van der Waals surface area contributed by atoms with E-state index in [1.807, 2.05) is 7.05 Å². The van der Waals surface area contributed by atoms with Gasteiger partial charge in [0.1, 0.15) is 0 Å². The molecule has 0 radical (unpaired) electrons. The van der Waals surface area contributed by atoms with Crippen LogP contribution in [0.5, 0.6) is 0 Å². The fourth-order valence-electron chi connectivity index (χ4n) is 3.04. The molecular weight excluding hydrogens is 284 g/mol. The highest BCUT2D eigenvalue weighted by Gasteiger charge is 2.30. The summed E-state index contributed by atoms with van der Waals surface area (Å²) in [7, 11) is 9.06. The van der Waals surface area contributed by atoms with Gasteiger partial charge in [-0.15, -0.1) is 0 Å². The molecule has 1 aromatic heterocycles. The van der Waals surface area contributed by atoms with Gasteiger partial charge >= 0.3 is 5.69 Å². The van der Waals surface area contributed by atoms with E-state index in [9.17, 15) is 9.59 Å². The van der Waals surface area contributed by atoms with E-state index in [1.165, 1.54) is 17.7 Å². The van der Waals surface area contributed by atoms with Gasteiger partial charge in [-0.05, 0) is 20.5 Å². The van der Waals surface area contributed by atoms with Crippen molar-refractivity contribution >= 4 is 0 Å². The lowest BCUT2D eigenvalue weighted by Gasteiger charge is -2.26. The van der Waals surface area contributed by atoms with E-state index in [-0.39, 0.29) is 17.4 Å². The van der Waals surface area contributed by atoms with Gasteiger partial charge in [-0.1, -0.05) is 0 Å². The normalized spacial score (nSPS) is 22.6. The van der Waals surface area contributed by atoms with Crippen LogP contribution >= 0.6 is 0 Å². The van der Waals surface area contributed by atoms with E-state index in [1.54, 1.807) is 14.2 Å². The van der Waals surface area contributed by atoms with E-state index in [4.69, 9.17) is 4.74 Å². The van der Waals surface area contributed by atoms with Crippen molar-refractivity contribution in [2.45, 2.75) is 25.1 Å². The number of hydrogen-bond donors (Lipinski definition) is 0. The first-order valence-electron chi connectivity index (χ1n) is 7.51. The summed E-state index contributed by atoms with van der Waals surface area (Å²) in [5.41, 5.74) is 0.191. The number of ether oxygens (including phenoxy) is 1. The Bertz CT molecular complexity index is 637. The SMILES string of the molecule is CO[C@H]1C[C@@H](CN(C)Cc2cc(=O)n(C)c(=O)n2C)N(C)C1. The summed E-state index contributed by atoms with van der Waals surface area (Å²) in [6.07, 6.45) is 1.30. The van der Waals surface area contributed by atoms with Crippen molar-refractivity contribution in [2.75, 3.05) is 34.3 Å². The summed E-state index contributed by atoms with van der Waals surface area (Å²) >= 11 is 0. The Morgan fingerprint density at radius 3 is 2.55 bits per heavy atom. The molecule has 1 aliphatic rings. The number of likely N-dealkylation sites (tertiary alicyclic amines) is 1. The molecule has 0 bridgehead atoms. The fourth-order valence-corrected chi connectivity index (χ4v) is 3.04. The first-order chi connectivity index (χ1) is 10.3. The van der Waals surface area contributed by atoms with Crippen LogP contribution in [-0.2, 0) is 25.4 Å². The largest absolute Gasteiger partial charge is 0.380 e. The molecule has 2 heterocycles. The van der Waals surface area contributed by atoms with Crippen LogP contribution in [0.2, 0.25) is 0 Å². The van der Waals surface area contributed by atoms with E-state index < -0.39 is 0 Å². The van der Waals surface area contributed by atoms with Crippen molar-refractivity contribution in [3.05, 3.63) is 32.6 Å². The maximum atomic E-state index is 12.0. The third-order valence-electron chi connectivity index (χ3n) is 4.56. The van der Waals surface area contributed by atoms with Gasteiger partial charge in [-0.25, -0.2) is 4.79 Å². The van der Waals surface area contributed by atoms with Gasteiger partial charge < -0.3 is 4.74 Å². The Morgan fingerprint density at radius 2 is 1.95 bits per heavy atom. The second kappa shape index (κ2) is 6.76. The molecule has 2 rings (SSSR count). The second-order valence-corrected chi connectivity index (χ2v) is 6.26. The van der Waals surface area contributed by atoms with Crippen LogP contribution in [0.4, 0.5) is 0 Å². The highest BCUT2D eigenvalue weighted by Crippen LogP contribution is 2.19. The molecule has 0 unspecified atom stereocenters. The molecule has 2 atom stereocenters. The molecule has 1 fully saturated rings. The molecule has 0 N–H and O–H groups in total. The van der Waals surface area contributed by atoms with Gasteiger partial charge in [-0.2, -0.15) is 0 Å². The Morgan fingerprint density at radius 1 is 1.27 bits per heavy atom. The summed E-state index contributed by atoms with van der Waals surface area (Å²) in [4.78, 5) is 28.2. The zero-order valence-corrected chi connectivity index (χ0v) is 14.1. The summed E-state index contributed by atoms with van der Waals surface area (Å²) < 4.78 is 8.08. The number of methoxy groups -OCH3 is 1. The summed E-state index contributed by atoms with van der Waals surface area (Å²) in [5, 5.41) is 0. The zero-order chi connectivity index (χ0) is 16.4. The van der Waals surface area contributed by atoms with Crippen LogP contribution in [0.15, 0.2) is 15.7 Å². The molecule has 0 aromatic carbocycles. The zero-order valence-electron chi connectivity index (χ0n) is 14.1. The molecule has 1 saturated heterocycles. The average molecular weight is 310 g/mol. The van der Waals surface area contributed by atoms with Crippen molar-refractivity contribution in [2.24, 2.45) is 14.1 Å². The van der Waals surface area contributed by atoms with Crippen molar-refractivity contribution in [1.29, 1.82) is 0 Å². The average Bonchev–Trinajstić information content (AvgIpc) is 2.82. The third kappa shape index (κ3) is 3.48. The molecule has 1 aliphatic heterocycles. The maximum Gasteiger partial charge on any atom is 0.330 e. The van der Waals surface area contributed by atoms with Gasteiger partial charge in [0.25, 0.3) is 5.56 Å². The molecule has 0 spiro atoms. The fraction of sp³-hybridized carbons (Fsp3) is 0.733. The molecule has 0 saturated carbocycles. The maximum absolute atomic E-state index is 12.0. The molecule has 7 nitrogen and oxygen atoms in total. The van der Waals surface area contributed by atoms with E-state index in [0.717, 1.165) is 29.8 Å². The predicted molar refractivity (Wildman–Crippen MR) is 85.1 cm³/mol. The highest BCUT2D eigenvalue weighted by molar-refractivity contribution is 5.02. The number of nitrogens with zero attached hydrogens (tertiary/aromatic N) is 4. The van der Waals surface area contributed by atoms with Crippen molar-refractivity contribution in [1.82, 2.24) is 18.9 Å². The molecule has 22 heavy (non-hydrogen) atoms. The van der Waals surface area contributed by atoms with E-state index in [0.29, 0.717) is 12.6 Å². The van der Waals surface area contributed by atoms with Crippen molar-refractivity contribution in [3.8, 4) is 0 Å². The Hall–Kier alpha value is -1.44. The number of likely N-dealkylation sites (N-methyl/N-ethyl adjacent to an activating group) is 2. The first kappa shape index (κ1) is 16.9. The quantitative estimate of drug-likeness (QED) is 0.715. The minimum atomic E-state index is -0.284. The van der Waals surface area contributed by atoms with Gasteiger partial charge in [0.05, 0.1) is 6.10 Å². The monoisotopic (exact) mass is 310 g/mol. The van der Waals surface area contributed by atoms with Crippen LogP contribution in [0.25, 0.3) is 0 Å². The van der Waals surface area contributed by atoms with Gasteiger partial charge in [0.2, 0.25) is 0 Å². The standard InChI is InChI=1S/C15H26N4O3/c1-16(8-11-6-13(22-5)10-17(11)2)9-12-7-14(20)19(4)15(21)18(12)3/h7,11,13H,6,8-10H2,1-5H3/t11-,13-/m0/s1. The minimum Gasteiger partial charge on any atom is -0.380 e. The molecular formula is C15H26N4O3. The van der Waals surface area contributed by atoms with Crippen molar-refractivity contribution in [3.63, 3.8) is 0 Å². The predicted octanol–water partition coefficient (Wildman–Crippen LogP) is -0.765. The molecule has 0 aliphatic carbocycles. The highest BCUT2D eigenvalue weighted by atomic mass is 16.5. The summed E-state index contributed by atoms with van der Waals surface area (Å²) in [6.45, 7) is 2.39. The Balaban J connectivity index is 2.06. The van der Waals surface area contributed by atoms with Crippen LogP contribution in [-0.4, -0.2) is 65.4 Å². The first-order valence-corrected chi connectivity index (χ1v) is 7.51. The summed E-state index contributed by atoms with van der Waals surface area (Å²) in [5.74, 6) is 0. The van der Waals surface area contributed by atoms with Crippen LogP contribution in [0.3, 0.4) is 0 Å². The lowest BCUT2D eigenvalue weighted by molar-refractivity contribution is 0.111. The van der Waals surface area contributed by atoms with E-state index in [2.05, 4.69) is 16.8 Å². The lowest BCUT2D eigenvalue weighted by Crippen LogP contribution is -2.41. The van der Waals surface area contributed by atoms with Crippen molar-refractivity contribution < 1.29 is 4.74 Å². The molecule has 1 aromatic rings. The van der Waals surface area contributed by atoms with Crippen LogP contribution in [0.1, 0.15) is 12.1 Å². The van der Waals surface area contributed by atoms with Gasteiger partial charge in [0.15, 0.2) is 0 Å². The topological polar surface area (TPSA) is 59.7 Å². The number of hydrogen-bond acceptors (Lipinski definition) is 5.